The zero-order chi connectivity index (χ0) is 17.0. The molecule has 0 aliphatic heterocycles. The predicted octanol–water partition coefficient (Wildman–Crippen LogP) is 4.27. The highest BCUT2D eigenvalue weighted by Gasteiger charge is 2.19. The molecule has 0 aromatic heterocycles. The van der Waals surface area contributed by atoms with Crippen molar-refractivity contribution in [2.45, 2.75) is 32.8 Å². The lowest BCUT2D eigenvalue weighted by Gasteiger charge is -2.23. The molecule has 0 spiro atoms. The van der Waals surface area contributed by atoms with Gasteiger partial charge in [0.05, 0.1) is 12.7 Å². The maximum Gasteiger partial charge on any atom is 0.335 e. The summed E-state index contributed by atoms with van der Waals surface area (Å²) in [7, 11) is 1.56. The first-order valence-corrected chi connectivity index (χ1v) is 7.45. The first-order valence-electron chi connectivity index (χ1n) is 7.45. The third kappa shape index (κ3) is 4.03. The molecule has 1 N–H and O–H groups in total. The summed E-state index contributed by atoms with van der Waals surface area (Å²) in [6, 6.07) is 12.6. The number of carboxylic acids is 1. The lowest BCUT2D eigenvalue weighted by Crippen LogP contribution is -2.13. The molecule has 4 heteroatoms. The first kappa shape index (κ1) is 16.9. The Kier molecular flexibility index (Phi) is 4.94. The van der Waals surface area contributed by atoms with Crippen LogP contribution in [-0.2, 0) is 12.0 Å². The van der Waals surface area contributed by atoms with Crippen molar-refractivity contribution in [2.24, 2.45) is 0 Å². The Morgan fingerprint density at radius 2 is 1.78 bits per heavy atom. The van der Waals surface area contributed by atoms with Gasteiger partial charge in [0.1, 0.15) is 18.1 Å². The predicted molar refractivity (Wildman–Crippen MR) is 89.4 cm³/mol. The van der Waals surface area contributed by atoms with E-state index in [2.05, 4.69) is 20.8 Å². The summed E-state index contributed by atoms with van der Waals surface area (Å²) >= 11 is 0. The number of carbonyl (C=O) groups is 1. The Hall–Kier alpha value is -2.49. The molecule has 2 rings (SSSR count). The van der Waals surface area contributed by atoms with Crippen molar-refractivity contribution >= 4 is 5.97 Å². The number of benzene rings is 2. The summed E-state index contributed by atoms with van der Waals surface area (Å²) in [5.41, 5.74) is 1.99. The van der Waals surface area contributed by atoms with E-state index in [1.165, 1.54) is 6.07 Å². The monoisotopic (exact) mass is 314 g/mol. The van der Waals surface area contributed by atoms with E-state index in [0.29, 0.717) is 11.3 Å². The Bertz CT molecular complexity index is 699. The molecule has 0 heterocycles. The van der Waals surface area contributed by atoms with Crippen molar-refractivity contribution in [3.8, 4) is 11.5 Å². The largest absolute Gasteiger partial charge is 0.496 e. The lowest BCUT2D eigenvalue weighted by atomic mass is 9.86. The Morgan fingerprint density at radius 1 is 1.09 bits per heavy atom. The van der Waals surface area contributed by atoms with E-state index in [1.54, 1.807) is 19.2 Å². The summed E-state index contributed by atoms with van der Waals surface area (Å²) in [4.78, 5) is 11.1. The summed E-state index contributed by atoms with van der Waals surface area (Å²) in [6.45, 7) is 6.62. The molecule has 2 aromatic rings. The molecule has 0 radical (unpaired) electrons. The quantitative estimate of drug-likeness (QED) is 0.895. The summed E-state index contributed by atoms with van der Waals surface area (Å²) in [5, 5.41) is 9.13. The fraction of sp³-hybridized carbons (Fsp3) is 0.316. The van der Waals surface area contributed by atoms with Gasteiger partial charge in [-0.15, -0.1) is 0 Å². The molecule has 0 aliphatic carbocycles. The van der Waals surface area contributed by atoms with Crippen LogP contribution < -0.4 is 9.47 Å². The van der Waals surface area contributed by atoms with Crippen molar-refractivity contribution in [3.05, 3.63) is 59.2 Å². The van der Waals surface area contributed by atoms with Crippen LogP contribution in [0.1, 0.15) is 42.3 Å². The second kappa shape index (κ2) is 6.73. The van der Waals surface area contributed by atoms with Crippen LogP contribution in [0, 0.1) is 0 Å². The van der Waals surface area contributed by atoms with Crippen LogP contribution in [0.15, 0.2) is 42.5 Å². The van der Waals surface area contributed by atoms with Crippen LogP contribution >= 0.6 is 0 Å². The Morgan fingerprint density at radius 3 is 2.39 bits per heavy atom. The number of rotatable bonds is 5. The maximum absolute atomic E-state index is 11.1. The van der Waals surface area contributed by atoms with Crippen LogP contribution in [0.25, 0.3) is 0 Å². The normalized spacial score (nSPS) is 11.1. The van der Waals surface area contributed by atoms with Crippen molar-refractivity contribution < 1.29 is 19.4 Å². The maximum atomic E-state index is 11.1. The molecule has 0 aliphatic rings. The minimum Gasteiger partial charge on any atom is -0.496 e. The van der Waals surface area contributed by atoms with Crippen LogP contribution in [0.3, 0.4) is 0 Å². The van der Waals surface area contributed by atoms with E-state index < -0.39 is 5.97 Å². The van der Waals surface area contributed by atoms with Crippen molar-refractivity contribution in [3.63, 3.8) is 0 Å². The van der Waals surface area contributed by atoms with E-state index in [1.807, 2.05) is 24.3 Å². The molecule has 122 valence electrons. The summed E-state index contributed by atoms with van der Waals surface area (Å²) < 4.78 is 11.2. The molecule has 0 bridgehead atoms. The van der Waals surface area contributed by atoms with Gasteiger partial charge in [-0.2, -0.15) is 0 Å². The molecule has 4 nitrogen and oxygen atoms in total. The molecule has 23 heavy (non-hydrogen) atoms. The number of hydrogen-bond donors (Lipinski definition) is 1. The summed E-state index contributed by atoms with van der Waals surface area (Å²) in [5.74, 6) is 0.440. The highest BCUT2D eigenvalue weighted by Crippen LogP contribution is 2.32. The lowest BCUT2D eigenvalue weighted by molar-refractivity contribution is 0.0696. The van der Waals surface area contributed by atoms with Gasteiger partial charge >= 0.3 is 5.97 Å². The van der Waals surface area contributed by atoms with Gasteiger partial charge < -0.3 is 14.6 Å². The molecule has 0 amide bonds. The molecular formula is C19H22O4. The number of carboxylic acid groups (broad SMARTS) is 1. The first-order chi connectivity index (χ1) is 10.8. The van der Waals surface area contributed by atoms with Crippen LogP contribution in [0.2, 0.25) is 0 Å². The van der Waals surface area contributed by atoms with E-state index >= 15 is 0 Å². The summed E-state index contributed by atoms with van der Waals surface area (Å²) in [6.07, 6.45) is 0. The molecule has 2 aromatic carbocycles. The molecule has 0 saturated carbocycles. The SMILES string of the molecule is COc1ccc(C(=O)O)cc1COc1ccccc1C(C)(C)C. The van der Waals surface area contributed by atoms with Crippen LogP contribution in [-0.4, -0.2) is 18.2 Å². The van der Waals surface area contributed by atoms with Crippen molar-refractivity contribution in [1.82, 2.24) is 0 Å². The van der Waals surface area contributed by atoms with Crippen LogP contribution in [0.4, 0.5) is 0 Å². The van der Waals surface area contributed by atoms with Gasteiger partial charge in [0.15, 0.2) is 0 Å². The average Bonchev–Trinajstić information content (AvgIpc) is 2.51. The van der Waals surface area contributed by atoms with E-state index in [-0.39, 0.29) is 17.6 Å². The molecule has 0 atom stereocenters. The van der Waals surface area contributed by atoms with Gasteiger partial charge in [0, 0.05) is 5.56 Å². The van der Waals surface area contributed by atoms with Gasteiger partial charge in [-0.1, -0.05) is 39.0 Å². The molecule has 0 unspecified atom stereocenters. The standard InChI is InChI=1S/C19H22O4/c1-19(2,3)15-7-5-6-8-17(15)23-12-14-11-13(18(20)21)9-10-16(14)22-4/h5-11H,12H2,1-4H3,(H,20,21). The number of methoxy groups -OCH3 is 1. The van der Waals surface area contributed by atoms with E-state index in [0.717, 1.165) is 11.3 Å². The smallest absolute Gasteiger partial charge is 0.335 e. The van der Waals surface area contributed by atoms with Gasteiger partial charge in [-0.3, -0.25) is 0 Å². The minimum atomic E-state index is -0.969. The van der Waals surface area contributed by atoms with Crippen LogP contribution in [0.5, 0.6) is 11.5 Å². The van der Waals surface area contributed by atoms with Gasteiger partial charge in [-0.05, 0) is 35.2 Å². The second-order valence-electron chi connectivity index (χ2n) is 6.37. The highest BCUT2D eigenvalue weighted by atomic mass is 16.5. The molecule has 0 fully saturated rings. The fourth-order valence-electron chi connectivity index (χ4n) is 2.39. The zero-order valence-electron chi connectivity index (χ0n) is 13.9. The second-order valence-corrected chi connectivity index (χ2v) is 6.37. The topological polar surface area (TPSA) is 55.8 Å². The van der Waals surface area contributed by atoms with Gasteiger partial charge in [0.25, 0.3) is 0 Å². The zero-order valence-corrected chi connectivity index (χ0v) is 13.9. The fourth-order valence-corrected chi connectivity index (χ4v) is 2.39. The third-order valence-corrected chi connectivity index (χ3v) is 3.61. The number of aromatic carboxylic acids is 1. The number of ether oxygens (including phenoxy) is 2. The van der Waals surface area contributed by atoms with Gasteiger partial charge in [0.2, 0.25) is 0 Å². The molecule has 0 saturated heterocycles. The van der Waals surface area contributed by atoms with E-state index in [9.17, 15) is 4.79 Å². The molecular weight excluding hydrogens is 292 g/mol. The van der Waals surface area contributed by atoms with E-state index in [4.69, 9.17) is 14.6 Å². The average molecular weight is 314 g/mol. The Balaban J connectivity index is 2.28. The highest BCUT2D eigenvalue weighted by molar-refractivity contribution is 5.88. The van der Waals surface area contributed by atoms with Crippen molar-refractivity contribution in [2.75, 3.05) is 7.11 Å². The van der Waals surface area contributed by atoms with Gasteiger partial charge in [-0.25, -0.2) is 4.79 Å². The Labute approximate surface area is 136 Å². The third-order valence-electron chi connectivity index (χ3n) is 3.61. The minimum absolute atomic E-state index is 0.0381. The number of hydrogen-bond acceptors (Lipinski definition) is 3. The van der Waals surface area contributed by atoms with Crippen molar-refractivity contribution in [1.29, 1.82) is 0 Å². The number of para-hydroxylation sites is 1.